The Kier molecular flexibility index (Phi) is 4.39. The lowest BCUT2D eigenvalue weighted by atomic mass is 10.1. The topological polar surface area (TPSA) is 41.6 Å². The van der Waals surface area contributed by atoms with Crippen LogP contribution < -0.4 is 10.2 Å². The Morgan fingerprint density at radius 3 is 2.64 bits per heavy atom. The molecule has 0 atom stereocenters. The Morgan fingerprint density at radius 1 is 1.09 bits per heavy atom. The van der Waals surface area contributed by atoms with Crippen molar-refractivity contribution in [3.63, 3.8) is 0 Å². The molecule has 1 fully saturated rings. The van der Waals surface area contributed by atoms with Crippen molar-refractivity contribution in [1.29, 1.82) is 0 Å². The maximum Gasteiger partial charge on any atom is 0.255 e. The lowest BCUT2D eigenvalue weighted by molar-refractivity contribution is 0.102. The van der Waals surface area contributed by atoms with Gasteiger partial charge in [-0.3, -0.25) is 4.79 Å². The fourth-order valence-corrected chi connectivity index (χ4v) is 2.64. The van der Waals surface area contributed by atoms with Crippen molar-refractivity contribution in [1.82, 2.24) is 0 Å². The molecule has 1 heterocycles. The molecule has 1 aliphatic heterocycles. The van der Waals surface area contributed by atoms with Gasteiger partial charge < -0.3 is 15.0 Å². The minimum atomic E-state index is -0.0793. The lowest BCUT2D eigenvalue weighted by Gasteiger charge is -2.30. The normalized spacial score (nSPS) is 14.7. The van der Waals surface area contributed by atoms with Crippen molar-refractivity contribution in [3.05, 3.63) is 59.7 Å². The Balaban J connectivity index is 1.81. The first-order valence-electron chi connectivity index (χ1n) is 7.54. The molecule has 1 aliphatic rings. The third-order valence-corrected chi connectivity index (χ3v) is 3.78. The fourth-order valence-electron chi connectivity index (χ4n) is 2.64. The number of carbonyl (C=O) groups excluding carboxylic acids is 1. The Hall–Kier alpha value is -2.33. The number of aryl methyl sites for hydroxylation is 1. The molecule has 3 rings (SSSR count). The van der Waals surface area contributed by atoms with E-state index < -0.39 is 0 Å². The molecule has 1 amide bonds. The number of ether oxygens (including phenoxy) is 1. The highest BCUT2D eigenvalue weighted by Crippen LogP contribution is 2.26. The van der Waals surface area contributed by atoms with E-state index in [1.807, 2.05) is 55.5 Å². The van der Waals surface area contributed by atoms with Crippen molar-refractivity contribution < 1.29 is 9.53 Å². The van der Waals surface area contributed by atoms with E-state index in [2.05, 4.69) is 10.2 Å². The molecule has 0 aromatic heterocycles. The Labute approximate surface area is 130 Å². The Bertz CT molecular complexity index is 664. The number of carbonyl (C=O) groups is 1. The van der Waals surface area contributed by atoms with Crippen LogP contribution in [0.4, 0.5) is 11.4 Å². The predicted molar refractivity (Wildman–Crippen MR) is 88.6 cm³/mol. The molecule has 1 N–H and O–H groups in total. The molecule has 0 spiro atoms. The van der Waals surface area contributed by atoms with Crippen LogP contribution in [0.25, 0.3) is 0 Å². The van der Waals surface area contributed by atoms with Gasteiger partial charge in [0.15, 0.2) is 0 Å². The smallest absolute Gasteiger partial charge is 0.255 e. The van der Waals surface area contributed by atoms with Gasteiger partial charge in [-0.2, -0.15) is 0 Å². The number of hydrogen-bond acceptors (Lipinski definition) is 3. The summed E-state index contributed by atoms with van der Waals surface area (Å²) in [6.45, 7) is 5.12. The number of amides is 1. The first-order valence-corrected chi connectivity index (χ1v) is 7.54. The number of benzene rings is 2. The van der Waals surface area contributed by atoms with E-state index in [0.717, 1.165) is 43.2 Å². The number of nitrogens with zero attached hydrogens (tertiary/aromatic N) is 1. The zero-order valence-corrected chi connectivity index (χ0v) is 12.7. The summed E-state index contributed by atoms with van der Waals surface area (Å²) in [5.74, 6) is -0.0793. The van der Waals surface area contributed by atoms with Crippen molar-refractivity contribution >= 4 is 17.3 Å². The van der Waals surface area contributed by atoms with Gasteiger partial charge in [0.25, 0.3) is 5.91 Å². The largest absolute Gasteiger partial charge is 0.378 e. The summed E-state index contributed by atoms with van der Waals surface area (Å²) in [5, 5.41) is 3.03. The van der Waals surface area contributed by atoms with Crippen molar-refractivity contribution in [2.24, 2.45) is 0 Å². The molecule has 1 saturated heterocycles. The molecule has 0 aliphatic carbocycles. The van der Waals surface area contributed by atoms with E-state index in [4.69, 9.17) is 4.74 Å². The van der Waals surface area contributed by atoms with Crippen LogP contribution in [0.15, 0.2) is 48.5 Å². The van der Waals surface area contributed by atoms with Gasteiger partial charge in [0.2, 0.25) is 0 Å². The highest BCUT2D eigenvalue weighted by molar-refractivity contribution is 6.06. The zero-order chi connectivity index (χ0) is 15.4. The summed E-state index contributed by atoms with van der Waals surface area (Å²) in [4.78, 5) is 14.7. The van der Waals surface area contributed by atoms with Gasteiger partial charge >= 0.3 is 0 Å². The van der Waals surface area contributed by atoms with Crippen molar-refractivity contribution in [2.75, 3.05) is 36.5 Å². The summed E-state index contributed by atoms with van der Waals surface area (Å²) in [6.07, 6.45) is 0. The zero-order valence-electron chi connectivity index (χ0n) is 12.7. The molecule has 0 unspecified atom stereocenters. The number of rotatable bonds is 3. The van der Waals surface area contributed by atoms with E-state index in [-0.39, 0.29) is 5.91 Å². The molecule has 0 bridgehead atoms. The van der Waals surface area contributed by atoms with Crippen molar-refractivity contribution in [3.8, 4) is 0 Å². The number of hydrogen-bond donors (Lipinski definition) is 1. The number of morpholine rings is 1. The number of anilines is 2. The monoisotopic (exact) mass is 296 g/mol. The summed E-state index contributed by atoms with van der Waals surface area (Å²) in [5.41, 5.74) is 3.65. The molecule has 4 nitrogen and oxygen atoms in total. The van der Waals surface area contributed by atoms with Gasteiger partial charge in [-0.25, -0.2) is 0 Å². The van der Waals surface area contributed by atoms with E-state index in [9.17, 15) is 4.79 Å². The first kappa shape index (κ1) is 14.6. The van der Waals surface area contributed by atoms with Gasteiger partial charge in [0.05, 0.1) is 24.6 Å². The molecular formula is C18H20N2O2. The molecule has 2 aromatic rings. The van der Waals surface area contributed by atoms with Crippen molar-refractivity contribution in [2.45, 2.75) is 6.92 Å². The minimum Gasteiger partial charge on any atom is -0.378 e. The molecule has 22 heavy (non-hydrogen) atoms. The molecule has 0 saturated carbocycles. The molecule has 0 radical (unpaired) electrons. The summed E-state index contributed by atoms with van der Waals surface area (Å²) < 4.78 is 5.40. The van der Waals surface area contributed by atoms with Crippen LogP contribution in [0.5, 0.6) is 0 Å². The van der Waals surface area contributed by atoms with E-state index in [1.165, 1.54) is 0 Å². The van der Waals surface area contributed by atoms with Gasteiger partial charge in [-0.1, -0.05) is 29.8 Å². The van der Waals surface area contributed by atoms with Crippen LogP contribution in [-0.2, 0) is 4.74 Å². The lowest BCUT2D eigenvalue weighted by Crippen LogP contribution is -2.36. The quantitative estimate of drug-likeness (QED) is 0.946. The van der Waals surface area contributed by atoms with E-state index >= 15 is 0 Å². The summed E-state index contributed by atoms with van der Waals surface area (Å²) in [6, 6.07) is 15.5. The molecule has 2 aromatic carbocycles. The average molecular weight is 296 g/mol. The van der Waals surface area contributed by atoms with Crippen LogP contribution in [-0.4, -0.2) is 32.2 Å². The first-order chi connectivity index (χ1) is 10.7. The highest BCUT2D eigenvalue weighted by Gasteiger charge is 2.16. The number of nitrogens with one attached hydrogen (secondary N) is 1. The van der Waals surface area contributed by atoms with Gasteiger partial charge in [0, 0.05) is 18.7 Å². The maximum absolute atomic E-state index is 12.4. The van der Waals surface area contributed by atoms with Crippen LogP contribution >= 0.6 is 0 Å². The second kappa shape index (κ2) is 6.62. The third kappa shape index (κ3) is 3.28. The molecule has 4 heteroatoms. The third-order valence-electron chi connectivity index (χ3n) is 3.78. The fraction of sp³-hybridized carbons (Fsp3) is 0.278. The minimum absolute atomic E-state index is 0.0793. The van der Waals surface area contributed by atoms with Crippen LogP contribution in [0.3, 0.4) is 0 Å². The number of para-hydroxylation sites is 2. The predicted octanol–water partition coefficient (Wildman–Crippen LogP) is 3.08. The average Bonchev–Trinajstić information content (AvgIpc) is 2.56. The molecule has 114 valence electrons. The van der Waals surface area contributed by atoms with Crippen LogP contribution in [0.2, 0.25) is 0 Å². The second-order valence-corrected chi connectivity index (χ2v) is 5.44. The summed E-state index contributed by atoms with van der Waals surface area (Å²) in [7, 11) is 0. The van der Waals surface area contributed by atoms with Gasteiger partial charge in [0.1, 0.15) is 0 Å². The SMILES string of the molecule is Cc1cccc(C(=O)Nc2ccccc2N2CCOCC2)c1. The Morgan fingerprint density at radius 2 is 1.86 bits per heavy atom. The van der Waals surface area contributed by atoms with Gasteiger partial charge in [-0.05, 0) is 31.2 Å². The second-order valence-electron chi connectivity index (χ2n) is 5.44. The highest BCUT2D eigenvalue weighted by atomic mass is 16.5. The standard InChI is InChI=1S/C18H20N2O2/c1-14-5-4-6-15(13-14)18(21)19-16-7-2-3-8-17(16)20-9-11-22-12-10-20/h2-8,13H,9-12H2,1H3,(H,19,21). The summed E-state index contributed by atoms with van der Waals surface area (Å²) >= 11 is 0. The van der Waals surface area contributed by atoms with Crippen LogP contribution in [0, 0.1) is 6.92 Å². The maximum atomic E-state index is 12.4. The molecular weight excluding hydrogens is 276 g/mol. The van der Waals surface area contributed by atoms with E-state index in [0.29, 0.717) is 5.56 Å². The van der Waals surface area contributed by atoms with Gasteiger partial charge in [-0.15, -0.1) is 0 Å². The van der Waals surface area contributed by atoms with E-state index in [1.54, 1.807) is 0 Å². The van der Waals surface area contributed by atoms with Crippen LogP contribution in [0.1, 0.15) is 15.9 Å².